The van der Waals surface area contributed by atoms with Crippen molar-refractivity contribution < 1.29 is 9.47 Å². The minimum absolute atomic E-state index is 0.0992. The molecule has 21 heavy (non-hydrogen) atoms. The number of nitrogens with one attached hydrogen (secondary N) is 1. The Hall–Kier alpha value is -0.900. The number of aryl methyl sites for hydroxylation is 2. The first-order valence-corrected chi connectivity index (χ1v) is 7.85. The van der Waals surface area contributed by atoms with E-state index in [1.54, 1.807) is 0 Å². The second kappa shape index (κ2) is 8.52. The van der Waals surface area contributed by atoms with Gasteiger partial charge in [0.15, 0.2) is 0 Å². The summed E-state index contributed by atoms with van der Waals surface area (Å²) < 4.78 is 11.5. The van der Waals surface area contributed by atoms with Crippen LogP contribution >= 0.6 is 0 Å². The van der Waals surface area contributed by atoms with E-state index in [4.69, 9.17) is 9.47 Å². The maximum absolute atomic E-state index is 5.80. The number of rotatable bonds is 8. The van der Waals surface area contributed by atoms with Gasteiger partial charge in [0, 0.05) is 0 Å². The van der Waals surface area contributed by atoms with Gasteiger partial charge in [-0.15, -0.1) is 0 Å². The first-order valence-electron chi connectivity index (χ1n) is 7.85. The first-order chi connectivity index (χ1) is 9.83. The quantitative estimate of drug-likeness (QED) is 0.740. The highest BCUT2D eigenvalue weighted by Gasteiger charge is 2.14. The average Bonchev–Trinajstić information content (AvgIpc) is 2.36. The molecule has 0 aliphatic carbocycles. The van der Waals surface area contributed by atoms with Crippen molar-refractivity contribution in [3.05, 3.63) is 34.9 Å². The van der Waals surface area contributed by atoms with Gasteiger partial charge in [-0.3, -0.25) is 0 Å². The molecule has 0 fully saturated rings. The molecule has 0 aliphatic rings. The summed E-state index contributed by atoms with van der Waals surface area (Å²) in [5.74, 6) is 0. The minimum Gasteiger partial charge on any atom is -0.377 e. The van der Waals surface area contributed by atoms with Crippen molar-refractivity contribution in [3.8, 4) is 0 Å². The standard InChI is InChI=1S/C18H31NO2/c1-7-19-17(13-20-10-11-21-18(4,5)6)16-9-8-14(2)12-15(16)3/h8-9,12,17,19H,7,10-11,13H2,1-6H3. The molecule has 120 valence electrons. The molecule has 1 unspecified atom stereocenters. The van der Waals surface area contributed by atoms with Crippen molar-refractivity contribution in [3.63, 3.8) is 0 Å². The molecule has 0 heterocycles. The highest BCUT2D eigenvalue weighted by atomic mass is 16.5. The van der Waals surface area contributed by atoms with Crippen LogP contribution in [0, 0.1) is 13.8 Å². The fraction of sp³-hybridized carbons (Fsp3) is 0.667. The smallest absolute Gasteiger partial charge is 0.0707 e. The summed E-state index contributed by atoms with van der Waals surface area (Å²) in [7, 11) is 0. The first kappa shape index (κ1) is 18.1. The van der Waals surface area contributed by atoms with Crippen molar-refractivity contribution >= 4 is 0 Å². The largest absolute Gasteiger partial charge is 0.377 e. The van der Waals surface area contributed by atoms with Gasteiger partial charge in [-0.1, -0.05) is 30.7 Å². The molecule has 1 aromatic rings. The third-order valence-electron chi connectivity index (χ3n) is 3.30. The van der Waals surface area contributed by atoms with Gasteiger partial charge in [0.2, 0.25) is 0 Å². The molecule has 1 atom stereocenters. The molecule has 0 amide bonds. The van der Waals surface area contributed by atoms with E-state index in [2.05, 4.69) is 65.1 Å². The molecule has 3 heteroatoms. The van der Waals surface area contributed by atoms with E-state index in [0.29, 0.717) is 19.8 Å². The number of hydrogen-bond acceptors (Lipinski definition) is 3. The Bertz CT molecular complexity index is 424. The number of benzene rings is 1. The Balaban J connectivity index is 2.50. The molecule has 0 spiro atoms. The molecule has 0 saturated heterocycles. The summed E-state index contributed by atoms with van der Waals surface area (Å²) in [4.78, 5) is 0. The lowest BCUT2D eigenvalue weighted by Crippen LogP contribution is -2.27. The minimum atomic E-state index is -0.0992. The lowest BCUT2D eigenvalue weighted by molar-refractivity contribution is -0.0373. The molecular formula is C18H31NO2. The number of likely N-dealkylation sites (N-methyl/N-ethyl adjacent to an activating group) is 1. The predicted octanol–water partition coefficient (Wildman–Crippen LogP) is 3.79. The second-order valence-corrected chi connectivity index (χ2v) is 6.51. The average molecular weight is 293 g/mol. The van der Waals surface area contributed by atoms with E-state index in [1.807, 2.05) is 0 Å². The van der Waals surface area contributed by atoms with Crippen LogP contribution in [0.3, 0.4) is 0 Å². The van der Waals surface area contributed by atoms with E-state index < -0.39 is 0 Å². The van der Waals surface area contributed by atoms with Crippen LogP contribution < -0.4 is 5.32 Å². The van der Waals surface area contributed by atoms with Crippen LogP contribution in [0.15, 0.2) is 18.2 Å². The topological polar surface area (TPSA) is 30.5 Å². The summed E-state index contributed by atoms with van der Waals surface area (Å²) in [6.45, 7) is 15.5. The van der Waals surface area contributed by atoms with Crippen LogP contribution in [0.4, 0.5) is 0 Å². The molecule has 0 bridgehead atoms. The zero-order valence-electron chi connectivity index (χ0n) is 14.5. The van der Waals surface area contributed by atoms with Crippen molar-refractivity contribution in [1.82, 2.24) is 5.32 Å². The third-order valence-corrected chi connectivity index (χ3v) is 3.30. The molecule has 1 N–H and O–H groups in total. The van der Waals surface area contributed by atoms with Gasteiger partial charge in [-0.05, 0) is 52.3 Å². The Kier molecular flexibility index (Phi) is 7.36. The lowest BCUT2D eigenvalue weighted by atomic mass is 9.99. The SMILES string of the molecule is CCNC(COCCOC(C)(C)C)c1ccc(C)cc1C. The Morgan fingerprint density at radius 1 is 1.14 bits per heavy atom. The second-order valence-electron chi connectivity index (χ2n) is 6.51. The number of ether oxygens (including phenoxy) is 2. The molecular weight excluding hydrogens is 262 g/mol. The summed E-state index contributed by atoms with van der Waals surface area (Å²) in [5, 5.41) is 3.50. The van der Waals surface area contributed by atoms with Gasteiger partial charge < -0.3 is 14.8 Å². The van der Waals surface area contributed by atoms with Crippen LogP contribution in [-0.4, -0.2) is 32.0 Å². The van der Waals surface area contributed by atoms with Crippen molar-refractivity contribution in [2.45, 2.75) is 53.2 Å². The van der Waals surface area contributed by atoms with E-state index in [0.717, 1.165) is 6.54 Å². The molecule has 0 aliphatic heterocycles. The van der Waals surface area contributed by atoms with Crippen LogP contribution in [0.5, 0.6) is 0 Å². The van der Waals surface area contributed by atoms with Gasteiger partial charge in [0.1, 0.15) is 0 Å². The maximum Gasteiger partial charge on any atom is 0.0707 e. The summed E-state index contributed by atoms with van der Waals surface area (Å²) in [6.07, 6.45) is 0. The van der Waals surface area contributed by atoms with Gasteiger partial charge in [-0.2, -0.15) is 0 Å². The van der Waals surface area contributed by atoms with Crippen molar-refractivity contribution in [1.29, 1.82) is 0 Å². The van der Waals surface area contributed by atoms with Crippen LogP contribution in [0.1, 0.15) is 50.4 Å². The maximum atomic E-state index is 5.80. The molecule has 0 aromatic heterocycles. The van der Waals surface area contributed by atoms with Gasteiger partial charge in [0.05, 0.1) is 31.5 Å². The highest BCUT2D eigenvalue weighted by Crippen LogP contribution is 2.19. The van der Waals surface area contributed by atoms with Crippen molar-refractivity contribution in [2.24, 2.45) is 0 Å². The van der Waals surface area contributed by atoms with Crippen LogP contribution in [0.25, 0.3) is 0 Å². The summed E-state index contributed by atoms with van der Waals surface area (Å²) in [5.41, 5.74) is 3.83. The Morgan fingerprint density at radius 3 is 2.43 bits per heavy atom. The molecule has 3 nitrogen and oxygen atoms in total. The third kappa shape index (κ3) is 7.07. The Labute approximate surface area is 130 Å². The highest BCUT2D eigenvalue weighted by molar-refractivity contribution is 5.32. The van der Waals surface area contributed by atoms with Gasteiger partial charge in [-0.25, -0.2) is 0 Å². The fourth-order valence-electron chi connectivity index (χ4n) is 2.33. The van der Waals surface area contributed by atoms with E-state index in [1.165, 1.54) is 16.7 Å². The Morgan fingerprint density at radius 2 is 1.86 bits per heavy atom. The van der Waals surface area contributed by atoms with Crippen LogP contribution in [0.2, 0.25) is 0 Å². The van der Waals surface area contributed by atoms with Crippen LogP contribution in [-0.2, 0) is 9.47 Å². The fourth-order valence-corrected chi connectivity index (χ4v) is 2.33. The predicted molar refractivity (Wildman–Crippen MR) is 88.9 cm³/mol. The molecule has 0 radical (unpaired) electrons. The zero-order valence-corrected chi connectivity index (χ0v) is 14.5. The van der Waals surface area contributed by atoms with Gasteiger partial charge in [0.25, 0.3) is 0 Å². The monoisotopic (exact) mass is 293 g/mol. The zero-order chi connectivity index (χ0) is 15.9. The van der Waals surface area contributed by atoms with E-state index in [9.17, 15) is 0 Å². The van der Waals surface area contributed by atoms with Gasteiger partial charge >= 0.3 is 0 Å². The number of hydrogen-bond donors (Lipinski definition) is 1. The van der Waals surface area contributed by atoms with E-state index >= 15 is 0 Å². The van der Waals surface area contributed by atoms with Crippen molar-refractivity contribution in [2.75, 3.05) is 26.4 Å². The molecule has 0 saturated carbocycles. The normalized spacial score (nSPS) is 13.4. The summed E-state index contributed by atoms with van der Waals surface area (Å²) in [6, 6.07) is 6.83. The molecule has 1 aromatic carbocycles. The molecule has 1 rings (SSSR count). The van der Waals surface area contributed by atoms with E-state index in [-0.39, 0.29) is 11.6 Å². The lowest BCUT2D eigenvalue weighted by Gasteiger charge is -2.22. The summed E-state index contributed by atoms with van der Waals surface area (Å²) >= 11 is 0.